The Balaban J connectivity index is 1.77. The van der Waals surface area contributed by atoms with Crippen molar-refractivity contribution in [2.45, 2.75) is 32.2 Å². The lowest BCUT2D eigenvalue weighted by Gasteiger charge is -2.32. The molecule has 0 spiro atoms. The summed E-state index contributed by atoms with van der Waals surface area (Å²) in [5.41, 5.74) is 0. The van der Waals surface area contributed by atoms with E-state index in [0.29, 0.717) is 6.04 Å². The number of nitrogens with zero attached hydrogens (tertiary/aromatic N) is 2. The first kappa shape index (κ1) is 11.4. The fraction of sp³-hybridized carbons (Fsp3) is 0.615. The molecule has 0 atom stereocenters. The third kappa shape index (κ3) is 3.20. The van der Waals surface area contributed by atoms with Crippen molar-refractivity contribution in [2.75, 3.05) is 25.0 Å². The van der Waals surface area contributed by atoms with Gasteiger partial charge in [0.25, 0.3) is 0 Å². The van der Waals surface area contributed by atoms with Crippen LogP contribution in [0.15, 0.2) is 24.4 Å². The highest BCUT2D eigenvalue weighted by atomic mass is 15.1. The number of anilines is 1. The smallest absolute Gasteiger partial charge is 0.126 e. The molecule has 1 aromatic rings. The van der Waals surface area contributed by atoms with Gasteiger partial charge >= 0.3 is 0 Å². The number of hydrogen-bond donors (Lipinski definition) is 1. The van der Waals surface area contributed by atoms with Crippen molar-refractivity contribution >= 4 is 5.82 Å². The average Bonchev–Trinajstić information content (AvgIpc) is 2.33. The molecular formula is C13H21N3. The molecule has 16 heavy (non-hydrogen) atoms. The molecule has 1 aliphatic heterocycles. The van der Waals surface area contributed by atoms with Gasteiger partial charge in [0.1, 0.15) is 5.82 Å². The third-order valence-corrected chi connectivity index (χ3v) is 3.14. The molecule has 1 fully saturated rings. The van der Waals surface area contributed by atoms with Gasteiger partial charge in [-0.25, -0.2) is 4.98 Å². The topological polar surface area (TPSA) is 28.2 Å². The lowest BCUT2D eigenvalue weighted by molar-refractivity contribution is 0.219. The Morgan fingerprint density at radius 3 is 2.81 bits per heavy atom. The zero-order valence-electron chi connectivity index (χ0n) is 10.0. The average molecular weight is 219 g/mol. The minimum absolute atomic E-state index is 0.600. The molecule has 0 aliphatic carbocycles. The van der Waals surface area contributed by atoms with Gasteiger partial charge in [-0.15, -0.1) is 0 Å². The number of hydrogen-bond acceptors (Lipinski definition) is 3. The Morgan fingerprint density at radius 1 is 1.38 bits per heavy atom. The van der Waals surface area contributed by atoms with Gasteiger partial charge in [-0.05, 0) is 37.9 Å². The van der Waals surface area contributed by atoms with Crippen molar-refractivity contribution in [1.82, 2.24) is 9.88 Å². The van der Waals surface area contributed by atoms with Gasteiger partial charge in [-0.1, -0.05) is 13.0 Å². The second kappa shape index (κ2) is 5.85. The van der Waals surface area contributed by atoms with E-state index in [-0.39, 0.29) is 0 Å². The zero-order chi connectivity index (χ0) is 11.2. The lowest BCUT2D eigenvalue weighted by atomic mass is 10.0. The van der Waals surface area contributed by atoms with Crippen LogP contribution < -0.4 is 5.32 Å². The molecule has 1 aromatic heterocycles. The summed E-state index contributed by atoms with van der Waals surface area (Å²) in [7, 11) is 0. The standard InChI is InChI=1S/C13H21N3/c1-2-9-16-10-6-12(7-11-16)15-13-5-3-4-8-14-13/h3-5,8,12H,2,6-7,9-11H2,1H3,(H,14,15). The first-order valence-corrected chi connectivity index (χ1v) is 6.28. The van der Waals surface area contributed by atoms with Gasteiger partial charge < -0.3 is 10.2 Å². The molecule has 2 heterocycles. The van der Waals surface area contributed by atoms with E-state index in [1.807, 2.05) is 24.4 Å². The minimum atomic E-state index is 0.600. The van der Waals surface area contributed by atoms with Crippen LogP contribution in [0.5, 0.6) is 0 Å². The first-order chi connectivity index (χ1) is 7.88. The summed E-state index contributed by atoms with van der Waals surface area (Å²) < 4.78 is 0. The van der Waals surface area contributed by atoms with Gasteiger partial charge in [0.05, 0.1) is 0 Å². The molecule has 1 aliphatic rings. The minimum Gasteiger partial charge on any atom is -0.367 e. The number of nitrogens with one attached hydrogen (secondary N) is 1. The molecule has 3 nitrogen and oxygen atoms in total. The molecule has 1 N–H and O–H groups in total. The van der Waals surface area contributed by atoms with Crippen LogP contribution >= 0.6 is 0 Å². The van der Waals surface area contributed by atoms with E-state index >= 15 is 0 Å². The van der Waals surface area contributed by atoms with Crippen molar-refractivity contribution < 1.29 is 0 Å². The summed E-state index contributed by atoms with van der Waals surface area (Å²) in [5, 5.41) is 3.51. The van der Waals surface area contributed by atoms with E-state index in [1.54, 1.807) is 0 Å². The Bertz CT molecular complexity index is 291. The van der Waals surface area contributed by atoms with E-state index in [1.165, 1.54) is 38.9 Å². The molecule has 2 rings (SSSR count). The van der Waals surface area contributed by atoms with Crippen molar-refractivity contribution in [1.29, 1.82) is 0 Å². The van der Waals surface area contributed by atoms with Crippen LogP contribution in [-0.2, 0) is 0 Å². The Kier molecular flexibility index (Phi) is 4.17. The van der Waals surface area contributed by atoms with Crippen LogP contribution in [0.1, 0.15) is 26.2 Å². The number of aromatic nitrogens is 1. The summed E-state index contributed by atoms with van der Waals surface area (Å²) in [4.78, 5) is 6.86. The molecule has 0 amide bonds. The first-order valence-electron chi connectivity index (χ1n) is 6.28. The molecule has 0 radical (unpaired) electrons. The molecule has 0 unspecified atom stereocenters. The maximum Gasteiger partial charge on any atom is 0.126 e. The van der Waals surface area contributed by atoms with Gasteiger partial charge in [-0.2, -0.15) is 0 Å². The molecule has 0 saturated carbocycles. The second-order valence-electron chi connectivity index (χ2n) is 4.48. The number of piperidine rings is 1. The van der Waals surface area contributed by atoms with E-state index in [4.69, 9.17) is 0 Å². The molecular weight excluding hydrogens is 198 g/mol. The molecule has 0 bridgehead atoms. The van der Waals surface area contributed by atoms with Gasteiger partial charge in [0, 0.05) is 25.3 Å². The van der Waals surface area contributed by atoms with E-state index in [2.05, 4.69) is 22.1 Å². The normalized spacial score (nSPS) is 18.6. The summed E-state index contributed by atoms with van der Waals surface area (Å²) in [6, 6.07) is 6.62. The zero-order valence-corrected chi connectivity index (χ0v) is 10.0. The van der Waals surface area contributed by atoms with Gasteiger partial charge in [0.2, 0.25) is 0 Å². The molecule has 0 aromatic carbocycles. The summed E-state index contributed by atoms with van der Waals surface area (Å²) >= 11 is 0. The maximum atomic E-state index is 4.30. The SMILES string of the molecule is CCCN1CCC(Nc2ccccn2)CC1. The van der Waals surface area contributed by atoms with Crippen LogP contribution in [0, 0.1) is 0 Å². The highest BCUT2D eigenvalue weighted by Gasteiger charge is 2.18. The third-order valence-electron chi connectivity index (χ3n) is 3.14. The Morgan fingerprint density at radius 2 is 2.19 bits per heavy atom. The van der Waals surface area contributed by atoms with Crippen LogP contribution in [0.4, 0.5) is 5.82 Å². The summed E-state index contributed by atoms with van der Waals surface area (Å²) in [5.74, 6) is 1.01. The largest absolute Gasteiger partial charge is 0.367 e. The van der Waals surface area contributed by atoms with Crippen LogP contribution in [-0.4, -0.2) is 35.6 Å². The van der Waals surface area contributed by atoms with Crippen molar-refractivity contribution in [3.8, 4) is 0 Å². The Hall–Kier alpha value is -1.09. The maximum absolute atomic E-state index is 4.30. The monoisotopic (exact) mass is 219 g/mol. The van der Waals surface area contributed by atoms with Crippen LogP contribution in [0.3, 0.4) is 0 Å². The highest BCUT2D eigenvalue weighted by Crippen LogP contribution is 2.14. The Labute approximate surface area is 97.9 Å². The highest BCUT2D eigenvalue weighted by molar-refractivity contribution is 5.34. The second-order valence-corrected chi connectivity index (χ2v) is 4.48. The fourth-order valence-electron chi connectivity index (χ4n) is 2.27. The molecule has 88 valence electrons. The fourth-order valence-corrected chi connectivity index (χ4v) is 2.27. The van der Waals surface area contributed by atoms with Gasteiger partial charge in [0.15, 0.2) is 0 Å². The van der Waals surface area contributed by atoms with E-state index in [9.17, 15) is 0 Å². The lowest BCUT2D eigenvalue weighted by Crippen LogP contribution is -2.39. The van der Waals surface area contributed by atoms with Crippen LogP contribution in [0.25, 0.3) is 0 Å². The number of likely N-dealkylation sites (tertiary alicyclic amines) is 1. The van der Waals surface area contributed by atoms with E-state index in [0.717, 1.165) is 5.82 Å². The summed E-state index contributed by atoms with van der Waals surface area (Å²) in [6.07, 6.45) is 5.57. The molecule has 1 saturated heterocycles. The number of pyridine rings is 1. The van der Waals surface area contributed by atoms with E-state index < -0.39 is 0 Å². The van der Waals surface area contributed by atoms with Crippen LogP contribution in [0.2, 0.25) is 0 Å². The quantitative estimate of drug-likeness (QED) is 0.842. The number of rotatable bonds is 4. The van der Waals surface area contributed by atoms with Gasteiger partial charge in [-0.3, -0.25) is 0 Å². The predicted molar refractivity (Wildman–Crippen MR) is 67.6 cm³/mol. The van der Waals surface area contributed by atoms with Crippen molar-refractivity contribution in [3.63, 3.8) is 0 Å². The van der Waals surface area contributed by atoms with Crippen molar-refractivity contribution in [3.05, 3.63) is 24.4 Å². The molecule has 3 heteroatoms. The van der Waals surface area contributed by atoms with Crippen molar-refractivity contribution in [2.24, 2.45) is 0 Å². The predicted octanol–water partition coefficient (Wildman–Crippen LogP) is 2.37. The summed E-state index contributed by atoms with van der Waals surface area (Å²) in [6.45, 7) is 5.94.